The van der Waals surface area contributed by atoms with Crippen LogP contribution in [-0.4, -0.2) is 88.3 Å². The Kier molecular flexibility index (Phi) is 18.9. The number of carboxylic acid groups (broad SMARTS) is 2. The van der Waals surface area contributed by atoms with Gasteiger partial charge in [0.25, 0.3) is 0 Å². The standard InChI is InChI=1S/C30H42N4O3.2C2HF3O2/c31-21-7-9-23-33-27(35)30(19-11-17-25-13-3-1-4-14-25,20-12-18-26-15-5-2-6-16-26)28(36)34(29(33)37)24-10-8-22-32;2*3-2(4,5)1(6)7/h1-6,13-16H,7-12,17-24,31-32H2;2*(H,6,7). The van der Waals surface area contributed by atoms with E-state index >= 15 is 0 Å². The van der Waals surface area contributed by atoms with E-state index in [1.54, 1.807) is 0 Å². The number of carbonyl (C=O) groups is 5. The Morgan fingerprint density at radius 2 is 0.902 bits per heavy atom. The summed E-state index contributed by atoms with van der Waals surface area (Å²) in [6, 6.07) is 19.7. The van der Waals surface area contributed by atoms with Crippen molar-refractivity contribution < 1.29 is 60.5 Å². The van der Waals surface area contributed by atoms with Gasteiger partial charge in [0, 0.05) is 13.1 Å². The van der Waals surface area contributed by atoms with Crippen LogP contribution in [0.1, 0.15) is 62.5 Å². The molecule has 0 atom stereocenters. The van der Waals surface area contributed by atoms with Crippen LogP contribution in [0.4, 0.5) is 31.1 Å². The summed E-state index contributed by atoms with van der Waals surface area (Å²) in [4.78, 5) is 61.9. The maximum absolute atomic E-state index is 14.0. The number of nitrogens with zero attached hydrogens (tertiary/aromatic N) is 2. The van der Waals surface area contributed by atoms with Crippen molar-refractivity contribution in [2.24, 2.45) is 16.9 Å². The summed E-state index contributed by atoms with van der Waals surface area (Å²) in [6.07, 6.45) is -3.72. The van der Waals surface area contributed by atoms with Gasteiger partial charge in [-0.3, -0.25) is 19.4 Å². The van der Waals surface area contributed by atoms with Gasteiger partial charge in [-0.1, -0.05) is 60.7 Å². The number of carboxylic acids is 2. The summed E-state index contributed by atoms with van der Waals surface area (Å²) in [6.45, 7) is 1.56. The fourth-order valence-corrected chi connectivity index (χ4v) is 5.18. The van der Waals surface area contributed by atoms with Gasteiger partial charge in [0.05, 0.1) is 0 Å². The number of barbiturate groups is 1. The number of rotatable bonds is 16. The summed E-state index contributed by atoms with van der Waals surface area (Å²) in [7, 11) is 0. The molecule has 2 aromatic rings. The number of halogens is 6. The first-order valence-corrected chi connectivity index (χ1v) is 16.2. The number of imide groups is 2. The minimum absolute atomic E-state index is 0.286. The van der Waals surface area contributed by atoms with E-state index < -0.39 is 35.7 Å². The van der Waals surface area contributed by atoms with E-state index in [9.17, 15) is 40.7 Å². The van der Waals surface area contributed by atoms with Crippen LogP contribution >= 0.6 is 0 Å². The average molecular weight is 735 g/mol. The molecule has 1 heterocycles. The fourth-order valence-electron chi connectivity index (χ4n) is 5.18. The molecule has 0 unspecified atom stereocenters. The zero-order valence-electron chi connectivity index (χ0n) is 27.9. The van der Waals surface area contributed by atoms with Crippen molar-refractivity contribution in [3.8, 4) is 0 Å². The molecule has 6 N–H and O–H groups in total. The van der Waals surface area contributed by atoms with E-state index in [1.807, 2.05) is 36.4 Å². The number of nitrogens with two attached hydrogens (primary N) is 2. The molecule has 0 aromatic heterocycles. The highest BCUT2D eigenvalue weighted by Crippen LogP contribution is 2.40. The Balaban J connectivity index is 0.000000780. The molecule has 1 saturated heterocycles. The predicted octanol–water partition coefficient (Wildman–Crippen LogP) is 5.55. The number of alkyl halides is 6. The molecule has 4 amide bonds. The third kappa shape index (κ3) is 15.1. The maximum Gasteiger partial charge on any atom is 0.490 e. The van der Waals surface area contributed by atoms with Crippen molar-refractivity contribution in [3.05, 3.63) is 71.8 Å². The van der Waals surface area contributed by atoms with Gasteiger partial charge in [-0.15, -0.1) is 0 Å². The number of aliphatic carboxylic acids is 2. The molecule has 0 spiro atoms. The molecule has 2 aromatic carbocycles. The van der Waals surface area contributed by atoms with Crippen LogP contribution in [0.2, 0.25) is 0 Å². The first-order valence-electron chi connectivity index (χ1n) is 16.2. The van der Waals surface area contributed by atoms with Gasteiger partial charge in [-0.25, -0.2) is 14.4 Å². The molecular formula is C34H44F6N4O7. The molecule has 17 heteroatoms. The first-order chi connectivity index (χ1) is 23.9. The van der Waals surface area contributed by atoms with E-state index in [0.29, 0.717) is 64.5 Å². The smallest absolute Gasteiger partial charge is 0.475 e. The van der Waals surface area contributed by atoms with Crippen LogP contribution in [0, 0.1) is 5.41 Å². The van der Waals surface area contributed by atoms with Crippen molar-refractivity contribution in [3.63, 3.8) is 0 Å². The van der Waals surface area contributed by atoms with Gasteiger partial charge >= 0.3 is 30.3 Å². The SMILES string of the molecule is NCCCCN1C(=O)N(CCCCN)C(=O)C(CCCc2ccccc2)(CCCc2ccccc2)C1=O.O=C(O)C(F)(F)F.O=C(O)C(F)(F)F. The zero-order chi connectivity index (χ0) is 38.7. The lowest BCUT2D eigenvalue weighted by Crippen LogP contribution is -2.65. The lowest BCUT2D eigenvalue weighted by Gasteiger charge is -2.44. The van der Waals surface area contributed by atoms with Crippen LogP contribution in [0.25, 0.3) is 0 Å². The van der Waals surface area contributed by atoms with Gasteiger partial charge in [0.15, 0.2) is 0 Å². The minimum Gasteiger partial charge on any atom is -0.475 e. The maximum atomic E-state index is 14.0. The van der Waals surface area contributed by atoms with E-state index in [-0.39, 0.29) is 24.9 Å². The largest absolute Gasteiger partial charge is 0.490 e. The van der Waals surface area contributed by atoms with Crippen molar-refractivity contribution in [2.75, 3.05) is 26.2 Å². The minimum atomic E-state index is -5.08. The Morgan fingerprint density at radius 3 is 1.18 bits per heavy atom. The van der Waals surface area contributed by atoms with Gasteiger partial charge in [0.1, 0.15) is 5.41 Å². The van der Waals surface area contributed by atoms with Gasteiger partial charge in [0.2, 0.25) is 11.8 Å². The van der Waals surface area contributed by atoms with Crippen molar-refractivity contribution in [1.82, 2.24) is 9.80 Å². The molecule has 3 rings (SSSR count). The monoisotopic (exact) mass is 734 g/mol. The van der Waals surface area contributed by atoms with E-state index in [2.05, 4.69) is 24.3 Å². The van der Waals surface area contributed by atoms with E-state index in [0.717, 1.165) is 12.8 Å². The molecule has 1 aliphatic heterocycles. The summed E-state index contributed by atoms with van der Waals surface area (Å²) >= 11 is 0. The Morgan fingerprint density at radius 1 is 0.588 bits per heavy atom. The second-order valence-electron chi connectivity index (χ2n) is 11.6. The summed E-state index contributed by atoms with van der Waals surface area (Å²) in [5, 5.41) is 14.2. The third-order valence-corrected chi connectivity index (χ3v) is 7.75. The number of carbonyl (C=O) groups excluding carboxylic acids is 3. The number of unbranched alkanes of at least 4 members (excludes halogenated alkanes) is 2. The first kappa shape index (κ1) is 44.5. The average Bonchev–Trinajstić information content (AvgIpc) is 3.07. The number of amides is 4. The number of hydrogen-bond acceptors (Lipinski definition) is 7. The number of urea groups is 1. The van der Waals surface area contributed by atoms with Crippen LogP contribution in [0.5, 0.6) is 0 Å². The highest BCUT2D eigenvalue weighted by Gasteiger charge is 2.56. The van der Waals surface area contributed by atoms with E-state index in [4.69, 9.17) is 31.3 Å². The zero-order valence-corrected chi connectivity index (χ0v) is 27.9. The number of aryl methyl sites for hydroxylation is 2. The van der Waals surface area contributed by atoms with Crippen LogP contribution in [-0.2, 0) is 32.0 Å². The number of benzene rings is 2. The molecule has 1 fully saturated rings. The second-order valence-corrected chi connectivity index (χ2v) is 11.6. The summed E-state index contributed by atoms with van der Waals surface area (Å²) in [5.74, 6) is -6.19. The van der Waals surface area contributed by atoms with Crippen molar-refractivity contribution in [2.45, 2.75) is 76.6 Å². The van der Waals surface area contributed by atoms with Crippen molar-refractivity contribution >= 4 is 29.8 Å². The molecule has 0 aliphatic carbocycles. The Labute approximate surface area is 291 Å². The lowest BCUT2D eigenvalue weighted by molar-refractivity contribution is -0.193. The summed E-state index contributed by atoms with van der Waals surface area (Å²) < 4.78 is 63.5. The van der Waals surface area contributed by atoms with Gasteiger partial charge in [-0.05, 0) is 88.4 Å². The number of hydrogen-bond donors (Lipinski definition) is 4. The molecule has 0 bridgehead atoms. The fraction of sp³-hybridized carbons (Fsp3) is 0.500. The molecular weight excluding hydrogens is 690 g/mol. The molecule has 11 nitrogen and oxygen atoms in total. The molecule has 284 valence electrons. The second kappa shape index (κ2) is 21.6. The van der Waals surface area contributed by atoms with Crippen LogP contribution in [0.3, 0.4) is 0 Å². The Hall–Kier alpha value is -4.51. The normalized spacial score (nSPS) is 14.3. The van der Waals surface area contributed by atoms with Crippen LogP contribution < -0.4 is 11.5 Å². The quantitative estimate of drug-likeness (QED) is 0.0975. The summed E-state index contributed by atoms with van der Waals surface area (Å²) in [5.41, 5.74) is 12.5. The molecule has 1 aliphatic rings. The molecule has 0 radical (unpaired) electrons. The van der Waals surface area contributed by atoms with Gasteiger partial charge in [-0.2, -0.15) is 26.3 Å². The highest BCUT2D eigenvalue weighted by atomic mass is 19.4. The van der Waals surface area contributed by atoms with Gasteiger partial charge < -0.3 is 21.7 Å². The van der Waals surface area contributed by atoms with E-state index in [1.165, 1.54) is 20.9 Å². The third-order valence-electron chi connectivity index (χ3n) is 7.75. The Bertz CT molecular complexity index is 1290. The highest BCUT2D eigenvalue weighted by molar-refractivity contribution is 6.19. The molecule has 0 saturated carbocycles. The molecule has 51 heavy (non-hydrogen) atoms. The predicted molar refractivity (Wildman–Crippen MR) is 174 cm³/mol. The topological polar surface area (TPSA) is 184 Å². The lowest BCUT2D eigenvalue weighted by atomic mass is 9.73. The van der Waals surface area contributed by atoms with Crippen molar-refractivity contribution in [1.29, 1.82) is 0 Å². The van der Waals surface area contributed by atoms with Crippen LogP contribution in [0.15, 0.2) is 60.7 Å².